The molecule has 4 nitrogen and oxygen atoms in total. The maximum absolute atomic E-state index is 11.5. The molecule has 0 radical (unpaired) electrons. The van der Waals surface area contributed by atoms with E-state index in [1.54, 1.807) is 6.07 Å². The predicted molar refractivity (Wildman–Crippen MR) is 78.0 cm³/mol. The molecule has 0 saturated carbocycles. The number of sulfonamides is 1. The minimum Gasteiger partial charge on any atom is -0.388 e. The molecule has 1 N–H and O–H groups in total. The second-order valence-corrected chi connectivity index (χ2v) is 8.75. The minimum absolute atomic E-state index is 0.208. The summed E-state index contributed by atoms with van der Waals surface area (Å²) >= 11 is 7.22. The third-order valence-corrected chi connectivity index (χ3v) is 6.03. The summed E-state index contributed by atoms with van der Waals surface area (Å²) < 4.78 is 25.2. The number of hydrogen-bond donors (Lipinski definition) is 1. The van der Waals surface area contributed by atoms with Crippen LogP contribution in [0.1, 0.15) is 30.2 Å². The van der Waals surface area contributed by atoms with Gasteiger partial charge >= 0.3 is 0 Å². The number of piperidine rings is 1. The van der Waals surface area contributed by atoms with E-state index in [9.17, 15) is 13.5 Å². The van der Waals surface area contributed by atoms with Crippen molar-refractivity contribution in [2.75, 3.05) is 19.3 Å². The molecule has 0 bridgehead atoms. The first-order chi connectivity index (χ1) is 8.86. The Labute approximate surface area is 123 Å². The average Bonchev–Trinajstić information content (AvgIpc) is 2.75. The molecule has 2 unspecified atom stereocenters. The standard InChI is InChI=1S/C12H18ClNO3S2/c1-19(16,17)14-6-2-3-9(8-14)7-10(15)11-4-5-12(13)18-11/h4-5,9-10,15H,2-3,6-8H2,1H3. The van der Waals surface area contributed by atoms with Crippen molar-refractivity contribution in [1.29, 1.82) is 0 Å². The molecule has 0 aromatic carbocycles. The molecular weight excluding hydrogens is 306 g/mol. The van der Waals surface area contributed by atoms with Crippen LogP contribution in [0.15, 0.2) is 12.1 Å². The van der Waals surface area contributed by atoms with Gasteiger partial charge in [-0.05, 0) is 37.3 Å². The molecule has 1 aliphatic rings. The summed E-state index contributed by atoms with van der Waals surface area (Å²) in [6.45, 7) is 1.10. The van der Waals surface area contributed by atoms with E-state index in [4.69, 9.17) is 11.6 Å². The van der Waals surface area contributed by atoms with Crippen molar-refractivity contribution in [1.82, 2.24) is 4.31 Å². The predicted octanol–water partition coefficient (Wildman–Crippen LogP) is 2.50. The molecule has 108 valence electrons. The average molecular weight is 324 g/mol. The summed E-state index contributed by atoms with van der Waals surface area (Å²) in [7, 11) is -3.12. The highest BCUT2D eigenvalue weighted by molar-refractivity contribution is 7.88. The van der Waals surface area contributed by atoms with Gasteiger partial charge in [-0.3, -0.25) is 0 Å². The van der Waals surface area contributed by atoms with Gasteiger partial charge in [0.1, 0.15) is 0 Å². The van der Waals surface area contributed by atoms with Crippen molar-refractivity contribution < 1.29 is 13.5 Å². The van der Waals surface area contributed by atoms with Gasteiger partial charge in [0.05, 0.1) is 16.7 Å². The molecule has 2 rings (SSSR count). The van der Waals surface area contributed by atoms with Crippen LogP contribution in [0, 0.1) is 5.92 Å². The van der Waals surface area contributed by atoms with Crippen LogP contribution in [-0.2, 0) is 10.0 Å². The SMILES string of the molecule is CS(=O)(=O)N1CCCC(CC(O)c2ccc(Cl)s2)C1. The van der Waals surface area contributed by atoms with Gasteiger partial charge in [-0.25, -0.2) is 12.7 Å². The first-order valence-electron chi connectivity index (χ1n) is 6.24. The number of aliphatic hydroxyl groups is 1. The fourth-order valence-corrected chi connectivity index (χ4v) is 4.46. The van der Waals surface area contributed by atoms with Crippen molar-refractivity contribution in [3.05, 3.63) is 21.3 Å². The van der Waals surface area contributed by atoms with Crippen molar-refractivity contribution >= 4 is 33.0 Å². The van der Waals surface area contributed by atoms with Crippen molar-refractivity contribution in [3.63, 3.8) is 0 Å². The van der Waals surface area contributed by atoms with Crippen LogP contribution in [0.2, 0.25) is 4.34 Å². The van der Waals surface area contributed by atoms with E-state index in [1.807, 2.05) is 6.07 Å². The fourth-order valence-electron chi connectivity index (χ4n) is 2.46. The number of hydrogen-bond acceptors (Lipinski definition) is 4. The maximum Gasteiger partial charge on any atom is 0.211 e. The van der Waals surface area contributed by atoms with Gasteiger partial charge in [0.15, 0.2) is 0 Å². The first kappa shape index (κ1) is 15.3. The number of rotatable bonds is 4. The third-order valence-electron chi connectivity index (χ3n) is 3.43. The lowest BCUT2D eigenvalue weighted by Gasteiger charge is -2.31. The molecule has 0 spiro atoms. The van der Waals surface area contributed by atoms with Crippen LogP contribution in [0.3, 0.4) is 0 Å². The molecule has 1 aliphatic heterocycles. The highest BCUT2D eigenvalue weighted by atomic mass is 35.5. The molecule has 2 heterocycles. The summed E-state index contributed by atoms with van der Waals surface area (Å²) in [5, 5.41) is 10.2. The van der Waals surface area contributed by atoms with E-state index in [0.29, 0.717) is 23.8 Å². The van der Waals surface area contributed by atoms with Crippen LogP contribution >= 0.6 is 22.9 Å². The molecule has 1 fully saturated rings. The molecule has 1 aromatic rings. The van der Waals surface area contributed by atoms with Gasteiger partial charge in [0.2, 0.25) is 10.0 Å². The van der Waals surface area contributed by atoms with E-state index in [2.05, 4.69) is 0 Å². The number of halogens is 1. The topological polar surface area (TPSA) is 57.6 Å². The molecule has 0 aliphatic carbocycles. The first-order valence-corrected chi connectivity index (χ1v) is 9.29. The van der Waals surface area contributed by atoms with Gasteiger partial charge in [0, 0.05) is 18.0 Å². The van der Waals surface area contributed by atoms with Crippen molar-refractivity contribution in [2.24, 2.45) is 5.92 Å². The Balaban J connectivity index is 1.95. The van der Waals surface area contributed by atoms with Gasteiger partial charge in [-0.2, -0.15) is 0 Å². The van der Waals surface area contributed by atoms with Gasteiger partial charge < -0.3 is 5.11 Å². The molecular formula is C12H18ClNO3S2. The highest BCUT2D eigenvalue weighted by Crippen LogP contribution is 2.33. The van der Waals surface area contributed by atoms with Gasteiger partial charge in [-0.15, -0.1) is 11.3 Å². The fraction of sp³-hybridized carbons (Fsp3) is 0.667. The third kappa shape index (κ3) is 4.16. The zero-order valence-electron chi connectivity index (χ0n) is 10.8. The van der Waals surface area contributed by atoms with Gasteiger partial charge in [-0.1, -0.05) is 11.6 Å². The number of nitrogens with zero attached hydrogens (tertiary/aromatic N) is 1. The van der Waals surface area contributed by atoms with Crippen LogP contribution in [0.4, 0.5) is 0 Å². The van der Waals surface area contributed by atoms with Gasteiger partial charge in [0.25, 0.3) is 0 Å². The largest absolute Gasteiger partial charge is 0.388 e. The summed E-state index contributed by atoms with van der Waals surface area (Å²) in [4.78, 5) is 0.849. The zero-order valence-corrected chi connectivity index (χ0v) is 13.1. The summed E-state index contributed by atoms with van der Waals surface area (Å²) in [5.74, 6) is 0.208. The summed E-state index contributed by atoms with van der Waals surface area (Å²) in [6.07, 6.45) is 3.09. The van der Waals surface area contributed by atoms with Crippen LogP contribution < -0.4 is 0 Å². The van der Waals surface area contributed by atoms with E-state index in [0.717, 1.165) is 17.7 Å². The lowest BCUT2D eigenvalue weighted by Crippen LogP contribution is -2.39. The van der Waals surface area contributed by atoms with Crippen LogP contribution in [0.25, 0.3) is 0 Å². The lowest BCUT2D eigenvalue weighted by molar-refractivity contribution is 0.125. The van der Waals surface area contributed by atoms with E-state index in [-0.39, 0.29) is 5.92 Å². The quantitative estimate of drug-likeness (QED) is 0.926. The van der Waals surface area contributed by atoms with Crippen molar-refractivity contribution in [3.8, 4) is 0 Å². The summed E-state index contributed by atoms with van der Waals surface area (Å²) in [6, 6.07) is 3.60. The summed E-state index contributed by atoms with van der Waals surface area (Å²) in [5.41, 5.74) is 0. The molecule has 7 heteroatoms. The Morgan fingerprint density at radius 2 is 2.32 bits per heavy atom. The molecule has 19 heavy (non-hydrogen) atoms. The Morgan fingerprint density at radius 3 is 2.89 bits per heavy atom. The second kappa shape index (κ2) is 6.10. The second-order valence-electron chi connectivity index (χ2n) is 5.02. The Bertz CT molecular complexity index is 529. The highest BCUT2D eigenvalue weighted by Gasteiger charge is 2.27. The molecule has 1 saturated heterocycles. The number of thiophene rings is 1. The smallest absolute Gasteiger partial charge is 0.211 e. The van der Waals surface area contributed by atoms with E-state index >= 15 is 0 Å². The van der Waals surface area contributed by atoms with Crippen molar-refractivity contribution in [2.45, 2.75) is 25.4 Å². The van der Waals surface area contributed by atoms with Crippen LogP contribution in [0.5, 0.6) is 0 Å². The van der Waals surface area contributed by atoms with Crippen LogP contribution in [-0.4, -0.2) is 37.2 Å². The zero-order chi connectivity index (χ0) is 14.0. The number of aliphatic hydroxyl groups excluding tert-OH is 1. The van der Waals surface area contributed by atoms with E-state index < -0.39 is 16.1 Å². The Hall–Kier alpha value is -0.140. The Kier molecular flexibility index (Phi) is 4.89. The molecule has 1 aromatic heterocycles. The maximum atomic E-state index is 11.5. The normalized spacial score (nSPS) is 23.4. The lowest BCUT2D eigenvalue weighted by atomic mass is 9.93. The minimum atomic E-state index is -3.12. The Morgan fingerprint density at radius 1 is 1.58 bits per heavy atom. The van der Waals surface area contributed by atoms with E-state index in [1.165, 1.54) is 21.9 Å². The molecule has 2 atom stereocenters. The monoisotopic (exact) mass is 323 g/mol. The molecule has 0 amide bonds.